The Morgan fingerprint density at radius 3 is 2.85 bits per heavy atom. The molecular weight excluding hydrogens is 234 g/mol. The zero-order valence-corrected chi connectivity index (χ0v) is 8.84. The maximum Gasteiger partial charge on any atom is 0.192 e. The van der Waals surface area contributed by atoms with Crippen molar-refractivity contribution in [3.63, 3.8) is 0 Å². The Bertz CT molecular complexity index is 476. The fraction of sp³-hybridized carbons (Fsp3) is 0.222. The molecule has 0 aliphatic heterocycles. The molecule has 13 heavy (non-hydrogen) atoms. The largest absolute Gasteiger partial charge is 0.506 e. The molecule has 2 rings (SSSR count). The van der Waals surface area contributed by atoms with Gasteiger partial charge in [0.1, 0.15) is 11.3 Å². The molecule has 4 heteroatoms. The zero-order chi connectivity index (χ0) is 9.59. The number of phenols is 1. The SMILES string of the molecule is Cc1nc2c(C)c(O)c(Br)cc2o1. The maximum absolute atomic E-state index is 9.59. The van der Waals surface area contributed by atoms with Crippen LogP contribution in [-0.2, 0) is 0 Å². The number of phenolic OH excluding ortho intramolecular Hbond substituents is 1. The Labute approximate surface area is 83.5 Å². The van der Waals surface area contributed by atoms with Crippen molar-refractivity contribution in [3.8, 4) is 5.75 Å². The van der Waals surface area contributed by atoms with Gasteiger partial charge in [-0.1, -0.05) is 0 Å². The molecule has 1 heterocycles. The molecule has 2 aromatic rings. The van der Waals surface area contributed by atoms with Crippen LogP contribution in [-0.4, -0.2) is 10.1 Å². The van der Waals surface area contributed by atoms with Crippen LogP contribution in [0.1, 0.15) is 11.5 Å². The van der Waals surface area contributed by atoms with Gasteiger partial charge in [-0.25, -0.2) is 4.98 Å². The normalized spacial score (nSPS) is 11.0. The highest BCUT2D eigenvalue weighted by Gasteiger charge is 2.11. The van der Waals surface area contributed by atoms with E-state index in [1.54, 1.807) is 13.0 Å². The van der Waals surface area contributed by atoms with Crippen molar-refractivity contribution in [1.82, 2.24) is 4.98 Å². The molecule has 0 saturated heterocycles. The standard InChI is InChI=1S/C9H8BrNO2/c1-4-8-7(13-5(2)11-8)3-6(10)9(4)12/h3,12H,1-2H3. The van der Waals surface area contributed by atoms with Crippen LogP contribution in [0.5, 0.6) is 5.75 Å². The van der Waals surface area contributed by atoms with Gasteiger partial charge >= 0.3 is 0 Å². The van der Waals surface area contributed by atoms with E-state index >= 15 is 0 Å². The minimum atomic E-state index is 0.223. The Kier molecular flexibility index (Phi) is 1.80. The van der Waals surface area contributed by atoms with E-state index in [2.05, 4.69) is 20.9 Å². The molecule has 0 bridgehead atoms. The first kappa shape index (κ1) is 8.56. The summed E-state index contributed by atoms with van der Waals surface area (Å²) >= 11 is 3.24. The van der Waals surface area contributed by atoms with Crippen LogP contribution in [0.25, 0.3) is 11.1 Å². The van der Waals surface area contributed by atoms with Crippen LogP contribution in [0.15, 0.2) is 15.0 Å². The van der Waals surface area contributed by atoms with Crippen LogP contribution >= 0.6 is 15.9 Å². The highest BCUT2D eigenvalue weighted by molar-refractivity contribution is 9.10. The van der Waals surface area contributed by atoms with E-state index in [-0.39, 0.29) is 5.75 Å². The molecule has 0 atom stereocenters. The number of aryl methyl sites for hydroxylation is 2. The van der Waals surface area contributed by atoms with Gasteiger partial charge in [-0.15, -0.1) is 0 Å². The van der Waals surface area contributed by atoms with Gasteiger partial charge < -0.3 is 9.52 Å². The van der Waals surface area contributed by atoms with Gasteiger partial charge in [-0.05, 0) is 22.9 Å². The lowest BCUT2D eigenvalue weighted by molar-refractivity contribution is 0.468. The second kappa shape index (κ2) is 2.73. The van der Waals surface area contributed by atoms with Crippen molar-refractivity contribution in [3.05, 3.63) is 22.0 Å². The van der Waals surface area contributed by atoms with Crippen LogP contribution in [0.4, 0.5) is 0 Å². The molecule has 68 valence electrons. The van der Waals surface area contributed by atoms with E-state index in [1.165, 1.54) is 0 Å². The summed E-state index contributed by atoms with van der Waals surface area (Å²) in [6.07, 6.45) is 0. The monoisotopic (exact) mass is 241 g/mol. The van der Waals surface area contributed by atoms with Crippen molar-refractivity contribution in [2.45, 2.75) is 13.8 Å². The minimum Gasteiger partial charge on any atom is -0.506 e. The lowest BCUT2D eigenvalue weighted by atomic mass is 10.2. The summed E-state index contributed by atoms with van der Waals surface area (Å²) in [5, 5.41) is 9.59. The molecule has 3 nitrogen and oxygen atoms in total. The number of halogens is 1. The molecule has 0 radical (unpaired) electrons. The van der Waals surface area contributed by atoms with E-state index < -0.39 is 0 Å². The van der Waals surface area contributed by atoms with E-state index in [0.717, 1.165) is 11.1 Å². The molecule has 0 spiro atoms. The van der Waals surface area contributed by atoms with E-state index in [9.17, 15) is 5.11 Å². The summed E-state index contributed by atoms with van der Waals surface area (Å²) in [6.45, 7) is 3.59. The van der Waals surface area contributed by atoms with Crippen LogP contribution in [0, 0.1) is 13.8 Å². The predicted octanol–water partition coefficient (Wildman–Crippen LogP) is 2.91. The quantitative estimate of drug-likeness (QED) is 0.772. The molecule has 0 aliphatic carbocycles. The van der Waals surface area contributed by atoms with Crippen molar-refractivity contribution < 1.29 is 9.52 Å². The number of benzene rings is 1. The van der Waals surface area contributed by atoms with Crippen LogP contribution < -0.4 is 0 Å². The number of aromatic nitrogens is 1. The zero-order valence-electron chi connectivity index (χ0n) is 7.26. The number of nitrogens with zero attached hydrogens (tertiary/aromatic N) is 1. The third-order valence-corrected chi connectivity index (χ3v) is 2.56. The molecule has 1 N–H and O–H groups in total. The lowest BCUT2D eigenvalue weighted by Gasteiger charge is -2.00. The molecule has 1 aromatic heterocycles. The second-order valence-electron chi connectivity index (χ2n) is 2.91. The molecule has 0 aliphatic rings. The number of hydrogen-bond acceptors (Lipinski definition) is 3. The number of hydrogen-bond donors (Lipinski definition) is 1. The van der Waals surface area contributed by atoms with Crippen molar-refractivity contribution in [1.29, 1.82) is 0 Å². The molecule has 0 amide bonds. The third kappa shape index (κ3) is 1.21. The first-order valence-electron chi connectivity index (χ1n) is 3.85. The van der Waals surface area contributed by atoms with Gasteiger partial charge in [0.2, 0.25) is 0 Å². The van der Waals surface area contributed by atoms with E-state index in [4.69, 9.17) is 4.42 Å². The van der Waals surface area contributed by atoms with Gasteiger partial charge in [0.25, 0.3) is 0 Å². The summed E-state index contributed by atoms with van der Waals surface area (Å²) < 4.78 is 5.97. The molecule has 0 fully saturated rings. The van der Waals surface area contributed by atoms with E-state index in [0.29, 0.717) is 15.9 Å². The van der Waals surface area contributed by atoms with Gasteiger partial charge in [-0.2, -0.15) is 0 Å². The highest BCUT2D eigenvalue weighted by Crippen LogP contribution is 2.33. The van der Waals surface area contributed by atoms with Crippen molar-refractivity contribution in [2.24, 2.45) is 0 Å². The first-order chi connectivity index (χ1) is 6.09. The summed E-state index contributed by atoms with van der Waals surface area (Å²) in [5.74, 6) is 0.830. The van der Waals surface area contributed by atoms with Gasteiger partial charge in [0.05, 0.1) is 4.47 Å². The molecule has 0 unspecified atom stereocenters. The fourth-order valence-corrected chi connectivity index (χ4v) is 1.79. The minimum absolute atomic E-state index is 0.223. The summed E-state index contributed by atoms with van der Waals surface area (Å²) in [6, 6.07) is 1.72. The summed E-state index contributed by atoms with van der Waals surface area (Å²) in [4.78, 5) is 4.17. The Morgan fingerprint density at radius 2 is 2.15 bits per heavy atom. The van der Waals surface area contributed by atoms with Gasteiger partial charge in [0.15, 0.2) is 11.5 Å². The fourth-order valence-electron chi connectivity index (χ4n) is 1.28. The lowest BCUT2D eigenvalue weighted by Crippen LogP contribution is -1.79. The topological polar surface area (TPSA) is 46.3 Å². The second-order valence-corrected chi connectivity index (χ2v) is 3.77. The molecule has 0 saturated carbocycles. The first-order valence-corrected chi connectivity index (χ1v) is 4.64. The Hall–Kier alpha value is -1.03. The Morgan fingerprint density at radius 1 is 1.46 bits per heavy atom. The van der Waals surface area contributed by atoms with Crippen LogP contribution in [0.2, 0.25) is 0 Å². The molecule has 1 aromatic carbocycles. The van der Waals surface area contributed by atoms with Crippen LogP contribution in [0.3, 0.4) is 0 Å². The number of oxazole rings is 1. The molecular formula is C9H8BrNO2. The summed E-state index contributed by atoms with van der Waals surface area (Å²) in [5.41, 5.74) is 2.15. The smallest absolute Gasteiger partial charge is 0.192 e. The van der Waals surface area contributed by atoms with Crippen molar-refractivity contribution >= 4 is 27.0 Å². The highest BCUT2D eigenvalue weighted by atomic mass is 79.9. The number of rotatable bonds is 0. The maximum atomic E-state index is 9.59. The Balaban J connectivity index is 2.92. The average Bonchev–Trinajstić information content (AvgIpc) is 2.42. The summed E-state index contributed by atoms with van der Waals surface area (Å²) in [7, 11) is 0. The third-order valence-electron chi connectivity index (χ3n) is 1.95. The number of aromatic hydroxyl groups is 1. The van der Waals surface area contributed by atoms with Gasteiger partial charge in [-0.3, -0.25) is 0 Å². The number of fused-ring (bicyclic) bond motifs is 1. The van der Waals surface area contributed by atoms with Crippen molar-refractivity contribution in [2.75, 3.05) is 0 Å². The average molecular weight is 242 g/mol. The van der Waals surface area contributed by atoms with E-state index in [1.807, 2.05) is 6.92 Å². The van der Waals surface area contributed by atoms with Gasteiger partial charge in [0, 0.05) is 18.6 Å². The predicted molar refractivity (Wildman–Crippen MR) is 52.8 cm³/mol.